The molecule has 0 spiro atoms. The maximum Gasteiger partial charge on any atom is 0.452 e. The largest absolute Gasteiger partial charge is 0.482 e. The maximum absolute atomic E-state index is 13.9. The summed E-state index contributed by atoms with van der Waals surface area (Å²) < 4.78 is 59.3. The van der Waals surface area contributed by atoms with Crippen molar-refractivity contribution in [3.63, 3.8) is 0 Å². The lowest BCUT2D eigenvalue weighted by Crippen LogP contribution is -2.55. The van der Waals surface area contributed by atoms with E-state index >= 15 is 0 Å². The fourth-order valence-corrected chi connectivity index (χ4v) is 5.11. The smallest absolute Gasteiger partial charge is 0.452 e. The monoisotopic (exact) mass is 685 g/mol. The van der Waals surface area contributed by atoms with Crippen molar-refractivity contribution >= 4 is 52.4 Å². The summed E-state index contributed by atoms with van der Waals surface area (Å²) >= 11 is 6.84. The van der Waals surface area contributed by atoms with Crippen molar-refractivity contribution in [1.29, 1.82) is 0 Å². The van der Waals surface area contributed by atoms with Crippen LogP contribution in [-0.2, 0) is 25.6 Å². The molecule has 1 aromatic heterocycles. The summed E-state index contributed by atoms with van der Waals surface area (Å²) in [6, 6.07) is 7.93. The van der Waals surface area contributed by atoms with Crippen LogP contribution in [0.25, 0.3) is 0 Å². The van der Waals surface area contributed by atoms with Crippen LogP contribution in [0.3, 0.4) is 0 Å². The number of benzene rings is 2. The summed E-state index contributed by atoms with van der Waals surface area (Å²) in [5.74, 6) is -7.91. The summed E-state index contributed by atoms with van der Waals surface area (Å²) in [6.07, 6.45) is -5.53. The zero-order chi connectivity index (χ0) is 34.2. The number of ketones is 1. The number of nitrogens with one attached hydrogen (secondary N) is 3. The van der Waals surface area contributed by atoms with Crippen molar-refractivity contribution in [1.82, 2.24) is 16.0 Å². The molecule has 0 aliphatic rings. The van der Waals surface area contributed by atoms with Gasteiger partial charge in [0.15, 0.2) is 6.61 Å². The molecule has 3 atom stereocenters. The average Bonchev–Trinajstić information content (AvgIpc) is 3.42. The molecule has 3 unspecified atom stereocenters. The van der Waals surface area contributed by atoms with Gasteiger partial charge in [0, 0.05) is 6.42 Å². The Kier molecular flexibility index (Phi) is 12.3. The molecule has 3 aromatic rings. The van der Waals surface area contributed by atoms with Gasteiger partial charge < -0.3 is 25.8 Å². The van der Waals surface area contributed by atoms with Gasteiger partial charge >= 0.3 is 12.1 Å². The van der Waals surface area contributed by atoms with Crippen molar-refractivity contribution in [2.75, 3.05) is 6.61 Å². The number of ether oxygens (including phenoxy) is 1. The number of hydrogen-bond acceptors (Lipinski definition) is 7. The lowest BCUT2D eigenvalue weighted by molar-refractivity contribution is -0.175. The fraction of sp³-hybridized carbons (Fsp3) is 0.300. The van der Waals surface area contributed by atoms with Crippen LogP contribution in [0.2, 0.25) is 4.34 Å². The minimum Gasteiger partial charge on any atom is -0.482 e. The Hall–Kier alpha value is -4.50. The SMILES string of the molecule is CC(C)C(NC(=O)C(NC(=O)C(Cc1cccc(F)c1)NC(=O)c1ccc(Cl)s1)c1ccc(OCC(=O)O)cc1)C(=O)C(F)(F)F. The Labute approximate surface area is 269 Å². The zero-order valence-electron chi connectivity index (χ0n) is 24.2. The summed E-state index contributed by atoms with van der Waals surface area (Å²) in [7, 11) is 0. The van der Waals surface area contributed by atoms with Gasteiger partial charge in [0.2, 0.25) is 11.8 Å². The molecule has 46 heavy (non-hydrogen) atoms. The second-order valence-electron chi connectivity index (χ2n) is 10.2. The van der Waals surface area contributed by atoms with Crippen LogP contribution in [-0.4, -0.2) is 59.4 Å². The molecule has 3 rings (SSSR count). The third-order valence-electron chi connectivity index (χ3n) is 6.40. The Bertz CT molecular complexity index is 1580. The molecule has 0 radical (unpaired) electrons. The van der Waals surface area contributed by atoms with Crippen molar-refractivity contribution < 1.29 is 51.4 Å². The van der Waals surface area contributed by atoms with E-state index in [0.29, 0.717) is 5.56 Å². The highest BCUT2D eigenvalue weighted by atomic mass is 35.5. The Morgan fingerprint density at radius 3 is 2.15 bits per heavy atom. The van der Waals surface area contributed by atoms with E-state index in [1.807, 2.05) is 0 Å². The predicted molar refractivity (Wildman–Crippen MR) is 159 cm³/mol. The first-order chi connectivity index (χ1) is 21.5. The van der Waals surface area contributed by atoms with Crippen LogP contribution in [0.15, 0.2) is 60.7 Å². The Balaban J connectivity index is 1.97. The molecule has 1 heterocycles. The molecule has 246 valence electrons. The van der Waals surface area contributed by atoms with E-state index in [9.17, 15) is 41.5 Å². The topological polar surface area (TPSA) is 151 Å². The Morgan fingerprint density at radius 2 is 1.61 bits per heavy atom. The third-order valence-corrected chi connectivity index (χ3v) is 7.63. The number of halogens is 5. The van der Waals surface area contributed by atoms with Gasteiger partial charge in [-0.25, -0.2) is 9.18 Å². The van der Waals surface area contributed by atoms with E-state index < -0.39 is 72.1 Å². The van der Waals surface area contributed by atoms with Crippen molar-refractivity contribution in [3.05, 3.63) is 86.8 Å². The molecule has 0 saturated carbocycles. The van der Waals surface area contributed by atoms with Crippen LogP contribution in [0.5, 0.6) is 5.75 Å². The van der Waals surface area contributed by atoms with Gasteiger partial charge in [-0.3, -0.25) is 19.2 Å². The number of hydrogen-bond donors (Lipinski definition) is 4. The average molecular weight is 686 g/mol. The van der Waals surface area contributed by atoms with E-state index in [1.54, 1.807) is 0 Å². The standard InChI is InChI=1S/C30H28ClF4N3O7S/c1-15(2)24(26(41)30(33,34)35)37-29(44)25(17-6-8-19(9-7-17)45-14-23(39)40)38-27(42)20(13-16-4-3-5-18(32)12-16)36-28(43)21-10-11-22(31)46-21/h3-12,15,20,24-25H,13-14H2,1-2H3,(H,36,43)(H,37,44)(H,38,42)(H,39,40). The first-order valence-electron chi connectivity index (χ1n) is 13.5. The van der Waals surface area contributed by atoms with Crippen LogP contribution < -0.4 is 20.7 Å². The van der Waals surface area contributed by atoms with E-state index in [1.165, 1.54) is 68.4 Å². The highest BCUT2D eigenvalue weighted by Crippen LogP contribution is 2.24. The zero-order valence-corrected chi connectivity index (χ0v) is 25.8. The molecular formula is C30H28ClF4N3O7S. The summed E-state index contributed by atoms with van der Waals surface area (Å²) in [4.78, 5) is 63.2. The molecule has 10 nitrogen and oxygen atoms in total. The Morgan fingerprint density at radius 1 is 0.935 bits per heavy atom. The number of alkyl halides is 3. The van der Waals surface area contributed by atoms with Gasteiger partial charge in [-0.05, 0) is 53.4 Å². The number of carboxylic acids is 1. The number of carbonyl (C=O) groups is 5. The molecular weight excluding hydrogens is 658 g/mol. The second-order valence-corrected chi connectivity index (χ2v) is 12.0. The lowest BCUT2D eigenvalue weighted by Gasteiger charge is -2.27. The summed E-state index contributed by atoms with van der Waals surface area (Å²) in [5.41, 5.74) is 0.303. The normalized spacial score (nSPS) is 13.3. The first-order valence-corrected chi connectivity index (χ1v) is 14.7. The van der Waals surface area contributed by atoms with Crippen molar-refractivity contribution in [2.45, 2.75) is 44.6 Å². The summed E-state index contributed by atoms with van der Waals surface area (Å²) in [6.45, 7) is 1.89. The van der Waals surface area contributed by atoms with Crippen molar-refractivity contribution in [2.24, 2.45) is 5.92 Å². The second kappa shape index (κ2) is 15.7. The molecule has 3 amide bonds. The minimum atomic E-state index is -5.27. The molecule has 0 aliphatic heterocycles. The van der Waals surface area contributed by atoms with Crippen molar-refractivity contribution in [3.8, 4) is 5.75 Å². The molecule has 4 N–H and O–H groups in total. The number of thiophene rings is 1. The van der Waals surface area contributed by atoms with E-state index in [4.69, 9.17) is 21.4 Å². The molecule has 2 aromatic carbocycles. The molecule has 0 bridgehead atoms. The predicted octanol–water partition coefficient (Wildman–Crippen LogP) is 4.47. The van der Waals surface area contributed by atoms with Gasteiger partial charge in [-0.2, -0.15) is 13.2 Å². The van der Waals surface area contributed by atoms with E-state index in [2.05, 4.69) is 16.0 Å². The van der Waals surface area contributed by atoms with Gasteiger partial charge in [0.1, 0.15) is 23.7 Å². The number of Topliss-reactive ketones (excluding diaryl/α,β-unsaturated/α-hetero) is 1. The number of carbonyl (C=O) groups excluding carboxylic acids is 4. The third kappa shape index (κ3) is 10.3. The van der Waals surface area contributed by atoms with E-state index in [-0.39, 0.29) is 26.9 Å². The van der Waals surface area contributed by atoms with Gasteiger partial charge in [-0.15, -0.1) is 11.3 Å². The number of carboxylic acid groups (broad SMARTS) is 1. The molecule has 16 heteroatoms. The van der Waals surface area contributed by atoms with E-state index in [0.717, 1.165) is 17.4 Å². The lowest BCUT2D eigenvalue weighted by atomic mass is 9.97. The molecule has 0 fully saturated rings. The van der Waals surface area contributed by atoms with Gasteiger partial charge in [0.05, 0.1) is 15.3 Å². The fourth-order valence-electron chi connectivity index (χ4n) is 4.17. The maximum atomic E-state index is 13.9. The summed E-state index contributed by atoms with van der Waals surface area (Å²) in [5, 5.41) is 15.8. The molecule has 0 aliphatic carbocycles. The first kappa shape index (κ1) is 36.0. The number of amides is 3. The minimum absolute atomic E-state index is 0.0105. The quantitative estimate of drug-likeness (QED) is 0.183. The van der Waals surface area contributed by atoms with Crippen LogP contribution in [0.1, 0.15) is 40.7 Å². The highest BCUT2D eigenvalue weighted by molar-refractivity contribution is 7.18. The van der Waals surface area contributed by atoms with Crippen LogP contribution in [0.4, 0.5) is 17.6 Å². The van der Waals surface area contributed by atoms with Crippen LogP contribution in [0, 0.1) is 11.7 Å². The number of aliphatic carboxylic acids is 1. The van der Waals surface area contributed by atoms with Gasteiger partial charge in [0.25, 0.3) is 11.7 Å². The highest BCUT2D eigenvalue weighted by Gasteiger charge is 2.45. The van der Waals surface area contributed by atoms with Crippen LogP contribution >= 0.6 is 22.9 Å². The number of rotatable bonds is 14. The molecule has 0 saturated heterocycles. The van der Waals surface area contributed by atoms with Gasteiger partial charge in [-0.1, -0.05) is 49.7 Å².